The van der Waals surface area contributed by atoms with Gasteiger partial charge >= 0.3 is 6.36 Å². The highest BCUT2D eigenvalue weighted by atomic mass is 19.4. The van der Waals surface area contributed by atoms with Crippen LogP contribution in [0.5, 0.6) is 11.5 Å². The second-order valence-electron chi connectivity index (χ2n) is 8.13. The molecule has 2 aliphatic heterocycles. The molecule has 3 atom stereocenters. The smallest absolute Gasteiger partial charge is 0.496 e. The second-order valence-corrected chi connectivity index (χ2v) is 8.13. The first-order valence-corrected chi connectivity index (χ1v) is 10.4. The lowest BCUT2D eigenvalue weighted by Gasteiger charge is -2.50. The normalized spacial score (nSPS) is 27.1. The average Bonchev–Trinajstić information content (AvgIpc) is 2.74. The van der Waals surface area contributed by atoms with Crippen molar-refractivity contribution in [2.24, 2.45) is 0 Å². The van der Waals surface area contributed by atoms with Crippen LogP contribution in [-0.2, 0) is 0 Å². The first kappa shape index (κ1) is 21.0. The van der Waals surface area contributed by atoms with E-state index in [2.05, 4.69) is 39.6 Å². The summed E-state index contributed by atoms with van der Waals surface area (Å²) in [6.07, 6.45) is -0.751. The van der Waals surface area contributed by atoms with Gasteiger partial charge in [-0.3, -0.25) is 0 Å². The number of benzene rings is 2. The maximum absolute atomic E-state index is 12.7. The zero-order valence-electron chi connectivity index (χ0n) is 17.0. The fraction of sp³-hybridized carbons (Fsp3) is 0.478. The lowest BCUT2D eigenvalue weighted by atomic mass is 9.71. The van der Waals surface area contributed by atoms with Gasteiger partial charge in [0.25, 0.3) is 0 Å². The van der Waals surface area contributed by atoms with Crippen molar-refractivity contribution in [1.29, 1.82) is 0 Å². The number of halogens is 3. The van der Waals surface area contributed by atoms with Crippen molar-refractivity contribution in [3.05, 3.63) is 59.7 Å². The van der Waals surface area contributed by atoms with Crippen LogP contribution >= 0.6 is 0 Å². The number of rotatable bonds is 4. The number of hydrogen-bond donors (Lipinski definition) is 2. The molecule has 1 spiro atoms. The van der Waals surface area contributed by atoms with Crippen LogP contribution in [0.15, 0.2) is 48.5 Å². The number of methoxy groups -OCH3 is 1. The molecule has 2 aliphatic rings. The molecule has 7 heteroatoms. The van der Waals surface area contributed by atoms with E-state index in [9.17, 15) is 13.2 Å². The highest BCUT2D eigenvalue weighted by Crippen LogP contribution is 2.44. The molecule has 2 aromatic carbocycles. The Morgan fingerprint density at radius 3 is 2.53 bits per heavy atom. The lowest BCUT2D eigenvalue weighted by molar-refractivity contribution is -0.274. The maximum atomic E-state index is 12.7. The van der Waals surface area contributed by atoms with Crippen molar-refractivity contribution in [2.75, 3.05) is 20.2 Å². The van der Waals surface area contributed by atoms with E-state index >= 15 is 0 Å². The van der Waals surface area contributed by atoms with Crippen molar-refractivity contribution >= 4 is 0 Å². The van der Waals surface area contributed by atoms with Crippen LogP contribution in [0.1, 0.15) is 48.8 Å². The first-order chi connectivity index (χ1) is 14.4. The zero-order valence-corrected chi connectivity index (χ0v) is 17.0. The molecule has 2 N–H and O–H groups in total. The quantitative estimate of drug-likeness (QED) is 0.737. The lowest BCUT2D eigenvalue weighted by Crippen LogP contribution is -2.60. The van der Waals surface area contributed by atoms with Gasteiger partial charge in [-0.2, -0.15) is 0 Å². The van der Waals surface area contributed by atoms with E-state index in [1.54, 1.807) is 6.07 Å². The third-order valence-corrected chi connectivity index (χ3v) is 6.35. The third-order valence-electron chi connectivity index (χ3n) is 6.35. The minimum atomic E-state index is -4.71. The van der Waals surface area contributed by atoms with Crippen LogP contribution < -0.4 is 20.1 Å². The highest BCUT2D eigenvalue weighted by molar-refractivity contribution is 5.43. The van der Waals surface area contributed by atoms with Crippen LogP contribution in [0.25, 0.3) is 0 Å². The summed E-state index contributed by atoms with van der Waals surface area (Å²) in [4.78, 5) is 0. The van der Waals surface area contributed by atoms with Crippen LogP contribution in [0.2, 0.25) is 0 Å². The Morgan fingerprint density at radius 1 is 1.07 bits per heavy atom. The standard InChI is InChI=1S/C23H27F3N2O2/c1-29-20-9-8-18(30-23(24,25)26)14-19(20)17-10-12-22(28-15-17)11-5-13-27-21(22)16-6-3-2-4-7-16/h2-4,6-9,14,17,21,27-28H,5,10-13,15H2,1H3/t17-,21?,22-/m0/s1. The molecule has 1 unspecified atom stereocenters. The molecule has 4 rings (SSSR count). The summed E-state index contributed by atoms with van der Waals surface area (Å²) >= 11 is 0. The fourth-order valence-electron chi connectivity index (χ4n) is 4.97. The maximum Gasteiger partial charge on any atom is 0.573 e. The summed E-state index contributed by atoms with van der Waals surface area (Å²) in [5.74, 6) is 0.439. The predicted octanol–water partition coefficient (Wildman–Crippen LogP) is 4.92. The largest absolute Gasteiger partial charge is 0.573 e. The Kier molecular flexibility index (Phi) is 5.93. The molecule has 2 aromatic rings. The number of piperidine rings is 2. The summed E-state index contributed by atoms with van der Waals surface area (Å²) < 4.78 is 47.6. The molecule has 0 aliphatic carbocycles. The molecule has 0 saturated carbocycles. The molecule has 0 radical (unpaired) electrons. The van der Waals surface area contributed by atoms with E-state index in [-0.39, 0.29) is 23.2 Å². The SMILES string of the molecule is COc1ccc(OC(F)(F)F)cc1[C@H]1CC[C@]2(CCCNC2c2ccccc2)NC1. The molecule has 2 saturated heterocycles. The molecule has 4 nitrogen and oxygen atoms in total. The monoisotopic (exact) mass is 420 g/mol. The molecule has 30 heavy (non-hydrogen) atoms. The van der Waals surface area contributed by atoms with Crippen molar-refractivity contribution in [2.45, 2.75) is 49.5 Å². The highest BCUT2D eigenvalue weighted by Gasteiger charge is 2.44. The van der Waals surface area contributed by atoms with E-state index in [0.29, 0.717) is 12.3 Å². The van der Waals surface area contributed by atoms with Gasteiger partial charge < -0.3 is 20.1 Å². The Morgan fingerprint density at radius 2 is 1.87 bits per heavy atom. The fourth-order valence-corrected chi connectivity index (χ4v) is 4.97. The van der Waals surface area contributed by atoms with Crippen molar-refractivity contribution in [3.8, 4) is 11.5 Å². The Balaban J connectivity index is 1.54. The molecule has 0 amide bonds. The van der Waals surface area contributed by atoms with Crippen molar-refractivity contribution < 1.29 is 22.6 Å². The van der Waals surface area contributed by atoms with Crippen molar-refractivity contribution in [3.63, 3.8) is 0 Å². The van der Waals surface area contributed by atoms with Gasteiger partial charge in [-0.25, -0.2) is 0 Å². The van der Waals surface area contributed by atoms with E-state index < -0.39 is 6.36 Å². The summed E-state index contributed by atoms with van der Waals surface area (Å²) in [5, 5.41) is 7.45. The van der Waals surface area contributed by atoms with E-state index in [1.807, 2.05) is 6.07 Å². The molecule has 0 aromatic heterocycles. The van der Waals surface area contributed by atoms with E-state index in [1.165, 1.54) is 24.8 Å². The van der Waals surface area contributed by atoms with Crippen molar-refractivity contribution in [1.82, 2.24) is 10.6 Å². The van der Waals surface area contributed by atoms with Crippen LogP contribution in [-0.4, -0.2) is 32.1 Å². The van der Waals surface area contributed by atoms with Gasteiger partial charge in [-0.05, 0) is 56.0 Å². The first-order valence-electron chi connectivity index (χ1n) is 10.4. The Labute approximate surface area is 174 Å². The minimum Gasteiger partial charge on any atom is -0.496 e. The van der Waals surface area contributed by atoms with E-state index in [4.69, 9.17) is 4.74 Å². The van der Waals surface area contributed by atoms with Gasteiger partial charge in [-0.1, -0.05) is 30.3 Å². The van der Waals surface area contributed by atoms with Gasteiger partial charge in [0.2, 0.25) is 0 Å². The molecular formula is C23H27F3N2O2. The zero-order chi connectivity index (χ0) is 21.2. The third kappa shape index (κ3) is 4.42. The molecule has 0 bridgehead atoms. The molecular weight excluding hydrogens is 393 g/mol. The number of ether oxygens (including phenoxy) is 2. The molecule has 162 valence electrons. The number of nitrogens with one attached hydrogen (secondary N) is 2. The number of hydrogen-bond acceptors (Lipinski definition) is 4. The second kappa shape index (κ2) is 8.47. The molecule has 2 fully saturated rings. The summed E-state index contributed by atoms with van der Waals surface area (Å²) in [7, 11) is 1.54. The summed E-state index contributed by atoms with van der Waals surface area (Å²) in [6.45, 7) is 1.66. The Hall–Kier alpha value is -2.25. The topological polar surface area (TPSA) is 42.5 Å². The summed E-state index contributed by atoms with van der Waals surface area (Å²) in [6, 6.07) is 15.0. The van der Waals surface area contributed by atoms with Gasteiger partial charge in [0, 0.05) is 23.6 Å². The van der Waals surface area contributed by atoms with Crippen LogP contribution in [0.4, 0.5) is 13.2 Å². The average molecular weight is 420 g/mol. The van der Waals surface area contributed by atoms with E-state index in [0.717, 1.165) is 37.8 Å². The van der Waals surface area contributed by atoms with Crippen LogP contribution in [0, 0.1) is 0 Å². The Bertz CT molecular complexity index is 849. The minimum absolute atomic E-state index is 0.0522. The number of alkyl halides is 3. The summed E-state index contributed by atoms with van der Waals surface area (Å²) in [5.41, 5.74) is 1.96. The molecule has 2 heterocycles. The van der Waals surface area contributed by atoms with Gasteiger partial charge in [0.1, 0.15) is 11.5 Å². The van der Waals surface area contributed by atoms with Gasteiger partial charge in [0.15, 0.2) is 0 Å². The predicted molar refractivity (Wildman–Crippen MR) is 109 cm³/mol. The van der Waals surface area contributed by atoms with Gasteiger partial charge in [-0.15, -0.1) is 13.2 Å². The van der Waals surface area contributed by atoms with Crippen LogP contribution in [0.3, 0.4) is 0 Å². The van der Waals surface area contributed by atoms with Gasteiger partial charge in [0.05, 0.1) is 13.2 Å².